The van der Waals surface area contributed by atoms with Crippen molar-refractivity contribution in [3.63, 3.8) is 0 Å². The quantitative estimate of drug-likeness (QED) is 0.469. The van der Waals surface area contributed by atoms with Crippen LogP contribution in [0, 0.1) is 0 Å². The maximum atomic E-state index is 13.6. The van der Waals surface area contributed by atoms with E-state index in [1.54, 1.807) is 20.1 Å². The standard InChI is InChI=1S/C23H27F3N4O2/c1-3-17-13-21(23(24,25)26)30-22(27-17)14-19(28-30)20-8-5-9-29(20)15-16-6-4-7-18(12-16)32-11-10-31-2/h4,6-7,12-14,20H,3,5,8-11,15H2,1-2H3/t20-/m0/s1. The molecule has 1 saturated heterocycles. The predicted octanol–water partition coefficient (Wildman–Crippen LogP) is 4.67. The third kappa shape index (κ3) is 4.88. The molecular formula is C23H27F3N4O2. The van der Waals surface area contributed by atoms with Gasteiger partial charge in [0.25, 0.3) is 0 Å². The highest BCUT2D eigenvalue weighted by atomic mass is 19.4. The van der Waals surface area contributed by atoms with Gasteiger partial charge in [-0.25, -0.2) is 9.50 Å². The first-order valence-corrected chi connectivity index (χ1v) is 10.8. The van der Waals surface area contributed by atoms with Crippen molar-refractivity contribution in [1.29, 1.82) is 0 Å². The second-order valence-corrected chi connectivity index (χ2v) is 7.94. The summed E-state index contributed by atoms with van der Waals surface area (Å²) in [5.41, 5.74) is 1.58. The molecule has 1 aromatic carbocycles. The molecule has 3 heterocycles. The van der Waals surface area contributed by atoms with Crippen molar-refractivity contribution in [1.82, 2.24) is 19.5 Å². The van der Waals surface area contributed by atoms with Crippen LogP contribution in [0.2, 0.25) is 0 Å². The van der Waals surface area contributed by atoms with Crippen LogP contribution in [0.4, 0.5) is 13.2 Å². The zero-order valence-electron chi connectivity index (χ0n) is 18.2. The molecule has 9 heteroatoms. The Labute approximate surface area is 185 Å². The summed E-state index contributed by atoms with van der Waals surface area (Å²) >= 11 is 0. The summed E-state index contributed by atoms with van der Waals surface area (Å²) in [4.78, 5) is 6.63. The summed E-state index contributed by atoms with van der Waals surface area (Å²) in [6, 6.07) is 10.6. The van der Waals surface area contributed by atoms with Crippen molar-refractivity contribution in [2.75, 3.05) is 26.9 Å². The molecule has 1 aliphatic rings. The Hall–Kier alpha value is -2.65. The predicted molar refractivity (Wildman–Crippen MR) is 114 cm³/mol. The third-order valence-corrected chi connectivity index (χ3v) is 5.70. The Morgan fingerprint density at radius 3 is 2.75 bits per heavy atom. The molecule has 172 valence electrons. The Balaban J connectivity index is 1.58. The number of fused-ring (bicyclic) bond motifs is 1. The number of alkyl halides is 3. The summed E-state index contributed by atoms with van der Waals surface area (Å²) in [5.74, 6) is 0.772. The van der Waals surface area contributed by atoms with Crippen LogP contribution in [-0.4, -0.2) is 46.4 Å². The molecule has 0 bridgehead atoms. The van der Waals surface area contributed by atoms with Gasteiger partial charge in [0, 0.05) is 25.4 Å². The van der Waals surface area contributed by atoms with Gasteiger partial charge in [0.2, 0.25) is 0 Å². The molecule has 6 nitrogen and oxygen atoms in total. The fraction of sp³-hybridized carbons (Fsp3) is 0.478. The average Bonchev–Trinajstić information content (AvgIpc) is 3.39. The summed E-state index contributed by atoms with van der Waals surface area (Å²) in [6.07, 6.45) is -2.26. The normalized spacial score (nSPS) is 17.3. The number of rotatable bonds is 8. The van der Waals surface area contributed by atoms with Gasteiger partial charge in [-0.3, -0.25) is 4.90 Å². The van der Waals surface area contributed by atoms with E-state index in [0.29, 0.717) is 37.6 Å². The van der Waals surface area contributed by atoms with Crippen LogP contribution in [0.3, 0.4) is 0 Å². The first kappa shape index (κ1) is 22.5. The Morgan fingerprint density at radius 2 is 2.00 bits per heavy atom. The molecule has 0 radical (unpaired) electrons. The Bertz CT molecular complexity index is 1070. The van der Waals surface area contributed by atoms with E-state index < -0.39 is 11.9 Å². The van der Waals surface area contributed by atoms with Crippen molar-refractivity contribution in [3.05, 3.63) is 59.0 Å². The monoisotopic (exact) mass is 448 g/mol. The van der Waals surface area contributed by atoms with Gasteiger partial charge in [-0.2, -0.15) is 18.3 Å². The smallest absolute Gasteiger partial charge is 0.433 e. The van der Waals surface area contributed by atoms with Crippen LogP contribution in [0.25, 0.3) is 5.65 Å². The number of nitrogens with zero attached hydrogens (tertiary/aromatic N) is 4. The van der Waals surface area contributed by atoms with E-state index >= 15 is 0 Å². The van der Waals surface area contributed by atoms with Gasteiger partial charge in [-0.1, -0.05) is 19.1 Å². The highest BCUT2D eigenvalue weighted by molar-refractivity contribution is 5.43. The van der Waals surface area contributed by atoms with Crippen LogP contribution in [-0.2, 0) is 23.9 Å². The molecule has 0 unspecified atom stereocenters. The molecule has 3 aromatic rings. The number of aromatic nitrogens is 3. The molecule has 0 spiro atoms. The topological polar surface area (TPSA) is 51.9 Å². The van der Waals surface area contributed by atoms with E-state index in [2.05, 4.69) is 15.0 Å². The zero-order valence-corrected chi connectivity index (χ0v) is 18.2. The Kier molecular flexibility index (Phi) is 6.66. The number of aryl methyl sites for hydroxylation is 1. The molecule has 0 N–H and O–H groups in total. The zero-order chi connectivity index (χ0) is 22.7. The van der Waals surface area contributed by atoms with Crippen LogP contribution in [0.5, 0.6) is 5.75 Å². The lowest BCUT2D eigenvalue weighted by Crippen LogP contribution is -2.23. The fourth-order valence-electron chi connectivity index (χ4n) is 4.15. The minimum atomic E-state index is -4.49. The fourth-order valence-corrected chi connectivity index (χ4v) is 4.15. The lowest BCUT2D eigenvalue weighted by atomic mass is 10.1. The van der Waals surface area contributed by atoms with Gasteiger partial charge >= 0.3 is 6.18 Å². The number of hydrogen-bond donors (Lipinski definition) is 0. The molecule has 1 fully saturated rings. The molecule has 4 rings (SSSR count). The van der Waals surface area contributed by atoms with Gasteiger partial charge in [0.1, 0.15) is 18.1 Å². The van der Waals surface area contributed by atoms with E-state index in [1.807, 2.05) is 24.3 Å². The van der Waals surface area contributed by atoms with Crippen LogP contribution < -0.4 is 4.74 Å². The van der Waals surface area contributed by atoms with Gasteiger partial charge in [-0.05, 0) is 49.6 Å². The Morgan fingerprint density at radius 1 is 1.16 bits per heavy atom. The molecule has 32 heavy (non-hydrogen) atoms. The minimum Gasteiger partial charge on any atom is -0.491 e. The molecule has 1 aliphatic heterocycles. The number of benzene rings is 1. The maximum absolute atomic E-state index is 13.6. The van der Waals surface area contributed by atoms with Gasteiger partial charge in [-0.15, -0.1) is 0 Å². The second kappa shape index (κ2) is 9.46. The first-order valence-electron chi connectivity index (χ1n) is 10.8. The third-order valence-electron chi connectivity index (χ3n) is 5.70. The molecule has 0 aliphatic carbocycles. The lowest BCUT2D eigenvalue weighted by molar-refractivity contribution is -0.142. The van der Waals surface area contributed by atoms with Crippen molar-refractivity contribution < 1.29 is 22.6 Å². The van der Waals surface area contributed by atoms with E-state index in [9.17, 15) is 13.2 Å². The molecule has 1 atom stereocenters. The van der Waals surface area contributed by atoms with E-state index in [4.69, 9.17) is 9.47 Å². The second-order valence-electron chi connectivity index (χ2n) is 7.94. The molecule has 0 saturated carbocycles. The van der Waals surface area contributed by atoms with Gasteiger partial charge in [0.05, 0.1) is 18.3 Å². The highest BCUT2D eigenvalue weighted by Crippen LogP contribution is 2.35. The molecule has 0 amide bonds. The minimum absolute atomic E-state index is 0.0547. The SMILES string of the molecule is CCc1cc(C(F)(F)F)n2nc([C@@H]3CCCN3Cc3cccc(OCCOC)c3)cc2n1. The lowest BCUT2D eigenvalue weighted by Gasteiger charge is -2.23. The molecular weight excluding hydrogens is 421 g/mol. The number of halogens is 3. The first-order chi connectivity index (χ1) is 15.4. The van der Waals surface area contributed by atoms with Crippen molar-refractivity contribution in [2.24, 2.45) is 0 Å². The summed E-state index contributed by atoms with van der Waals surface area (Å²) < 4.78 is 52.5. The van der Waals surface area contributed by atoms with Gasteiger partial charge < -0.3 is 9.47 Å². The van der Waals surface area contributed by atoms with Crippen LogP contribution >= 0.6 is 0 Å². The van der Waals surface area contributed by atoms with E-state index in [0.717, 1.165) is 41.3 Å². The number of methoxy groups -OCH3 is 1. The highest BCUT2D eigenvalue weighted by Gasteiger charge is 2.36. The van der Waals surface area contributed by atoms with E-state index in [-0.39, 0.29) is 11.7 Å². The van der Waals surface area contributed by atoms with Crippen molar-refractivity contribution in [3.8, 4) is 5.75 Å². The number of likely N-dealkylation sites (tertiary alicyclic amines) is 1. The van der Waals surface area contributed by atoms with Crippen LogP contribution in [0.15, 0.2) is 36.4 Å². The van der Waals surface area contributed by atoms with Crippen LogP contribution in [0.1, 0.15) is 48.5 Å². The summed E-state index contributed by atoms with van der Waals surface area (Å²) in [6.45, 7) is 4.30. The van der Waals surface area contributed by atoms with Crippen molar-refractivity contribution >= 4 is 5.65 Å². The average molecular weight is 448 g/mol. The van der Waals surface area contributed by atoms with Crippen molar-refractivity contribution in [2.45, 2.75) is 44.9 Å². The summed E-state index contributed by atoms with van der Waals surface area (Å²) in [5, 5.41) is 4.35. The summed E-state index contributed by atoms with van der Waals surface area (Å²) in [7, 11) is 1.63. The van der Waals surface area contributed by atoms with E-state index in [1.165, 1.54) is 0 Å². The molecule has 2 aromatic heterocycles. The largest absolute Gasteiger partial charge is 0.491 e. The maximum Gasteiger partial charge on any atom is 0.433 e. The number of hydrogen-bond acceptors (Lipinski definition) is 5. The number of ether oxygens (including phenoxy) is 2. The van der Waals surface area contributed by atoms with Gasteiger partial charge in [0.15, 0.2) is 5.65 Å².